The molecule has 1 fully saturated rings. The highest BCUT2D eigenvalue weighted by molar-refractivity contribution is 5.53. The third-order valence-corrected chi connectivity index (χ3v) is 4.17. The van der Waals surface area contributed by atoms with Crippen LogP contribution in [0.25, 0.3) is 0 Å². The maximum absolute atomic E-state index is 13.1. The Labute approximate surface area is 117 Å². The fourth-order valence-electron chi connectivity index (χ4n) is 2.74. The summed E-state index contributed by atoms with van der Waals surface area (Å²) >= 11 is 0. The van der Waals surface area contributed by atoms with Crippen molar-refractivity contribution in [2.24, 2.45) is 17.6 Å². The number of rotatable bonds is 3. The summed E-state index contributed by atoms with van der Waals surface area (Å²) in [7, 11) is 0. The third kappa shape index (κ3) is 3.08. The van der Waals surface area contributed by atoms with Crippen molar-refractivity contribution in [3.63, 3.8) is 0 Å². The van der Waals surface area contributed by atoms with Gasteiger partial charge in [-0.05, 0) is 42.5 Å². The highest BCUT2D eigenvalue weighted by Crippen LogP contribution is 2.36. The van der Waals surface area contributed by atoms with Gasteiger partial charge in [0.15, 0.2) is 0 Å². The first-order chi connectivity index (χ1) is 9.32. The van der Waals surface area contributed by atoms with Crippen molar-refractivity contribution in [2.45, 2.75) is 26.4 Å². The van der Waals surface area contributed by atoms with E-state index in [4.69, 9.17) is 5.73 Å². The Balaban J connectivity index is 2.33. The fourth-order valence-corrected chi connectivity index (χ4v) is 2.74. The first kappa shape index (κ1) is 15.2. The summed E-state index contributed by atoms with van der Waals surface area (Å²) in [4.78, 5) is 2.04. The number of anilines is 1. The fraction of sp³-hybridized carbons (Fsp3) is 0.600. The summed E-state index contributed by atoms with van der Waals surface area (Å²) in [6, 6.07) is 4.62. The van der Waals surface area contributed by atoms with E-state index < -0.39 is 11.7 Å². The zero-order chi connectivity index (χ0) is 14.9. The maximum Gasteiger partial charge on any atom is 0.416 e. The molecule has 0 saturated carbocycles. The van der Waals surface area contributed by atoms with Crippen LogP contribution in [0, 0.1) is 11.8 Å². The van der Waals surface area contributed by atoms with Gasteiger partial charge in [0.1, 0.15) is 0 Å². The largest absolute Gasteiger partial charge is 0.416 e. The van der Waals surface area contributed by atoms with E-state index in [1.54, 1.807) is 12.1 Å². The number of hydrogen-bond acceptors (Lipinski definition) is 2. The Morgan fingerprint density at radius 1 is 1.20 bits per heavy atom. The van der Waals surface area contributed by atoms with Crippen molar-refractivity contribution in [1.82, 2.24) is 0 Å². The smallest absolute Gasteiger partial charge is 0.371 e. The average Bonchev–Trinajstić information content (AvgIpc) is 2.69. The van der Waals surface area contributed by atoms with Crippen molar-refractivity contribution >= 4 is 5.69 Å². The Hall–Kier alpha value is -1.23. The van der Waals surface area contributed by atoms with Gasteiger partial charge in [0.2, 0.25) is 0 Å². The zero-order valence-electron chi connectivity index (χ0n) is 11.9. The molecule has 0 aromatic heterocycles. The minimum Gasteiger partial charge on any atom is -0.371 e. The van der Waals surface area contributed by atoms with Gasteiger partial charge in [-0.2, -0.15) is 13.2 Å². The first-order valence-electron chi connectivity index (χ1n) is 6.98. The third-order valence-electron chi connectivity index (χ3n) is 4.17. The molecular formula is C15H21F3N2. The van der Waals surface area contributed by atoms with Crippen LogP contribution in [0.2, 0.25) is 0 Å². The highest BCUT2D eigenvalue weighted by Gasteiger charge is 2.34. The molecule has 2 unspecified atom stereocenters. The van der Waals surface area contributed by atoms with E-state index in [2.05, 4.69) is 13.8 Å². The Bertz CT molecular complexity index is 461. The van der Waals surface area contributed by atoms with E-state index in [1.807, 2.05) is 4.90 Å². The molecule has 0 radical (unpaired) electrons. The molecule has 0 amide bonds. The molecule has 2 atom stereocenters. The summed E-state index contributed by atoms with van der Waals surface area (Å²) in [6.07, 6.45) is -4.07. The van der Waals surface area contributed by atoms with Crippen molar-refractivity contribution in [2.75, 3.05) is 24.5 Å². The molecule has 1 heterocycles. The van der Waals surface area contributed by atoms with Crippen LogP contribution in [-0.2, 0) is 12.6 Å². The Kier molecular flexibility index (Phi) is 4.28. The van der Waals surface area contributed by atoms with Crippen molar-refractivity contribution in [3.05, 3.63) is 29.3 Å². The molecular weight excluding hydrogens is 265 g/mol. The zero-order valence-corrected chi connectivity index (χ0v) is 11.9. The van der Waals surface area contributed by atoms with Crippen LogP contribution < -0.4 is 10.6 Å². The number of halogens is 3. The van der Waals surface area contributed by atoms with Crippen molar-refractivity contribution in [3.8, 4) is 0 Å². The van der Waals surface area contributed by atoms with E-state index in [-0.39, 0.29) is 18.5 Å². The van der Waals surface area contributed by atoms with Gasteiger partial charge >= 0.3 is 6.18 Å². The van der Waals surface area contributed by atoms with Crippen LogP contribution in [0.15, 0.2) is 18.2 Å². The van der Waals surface area contributed by atoms with Crippen molar-refractivity contribution < 1.29 is 13.2 Å². The maximum atomic E-state index is 13.1. The summed E-state index contributed by atoms with van der Waals surface area (Å²) < 4.78 is 39.4. The van der Waals surface area contributed by atoms with Crippen LogP contribution in [0.1, 0.15) is 25.0 Å². The predicted molar refractivity (Wildman–Crippen MR) is 74.7 cm³/mol. The SMILES string of the molecule is CC1CN(c2ccc(CCN)c(C(F)(F)F)c2)CC1C. The predicted octanol–water partition coefficient (Wildman–Crippen LogP) is 3.30. The van der Waals surface area contributed by atoms with Crippen LogP contribution >= 0.6 is 0 Å². The molecule has 0 aliphatic carbocycles. The van der Waals surface area contributed by atoms with Crippen LogP contribution in [0.3, 0.4) is 0 Å². The van der Waals surface area contributed by atoms with E-state index in [0.717, 1.165) is 13.1 Å². The molecule has 2 rings (SSSR count). The highest BCUT2D eigenvalue weighted by atomic mass is 19.4. The summed E-state index contributed by atoms with van der Waals surface area (Å²) in [5.41, 5.74) is 5.79. The van der Waals surface area contributed by atoms with Crippen LogP contribution in [-0.4, -0.2) is 19.6 Å². The van der Waals surface area contributed by atoms with Gasteiger partial charge in [-0.15, -0.1) is 0 Å². The lowest BCUT2D eigenvalue weighted by molar-refractivity contribution is -0.138. The molecule has 112 valence electrons. The molecule has 2 N–H and O–H groups in total. The lowest BCUT2D eigenvalue weighted by Crippen LogP contribution is -2.21. The van der Waals surface area contributed by atoms with Gasteiger partial charge in [-0.3, -0.25) is 0 Å². The monoisotopic (exact) mass is 286 g/mol. The number of alkyl halides is 3. The second-order valence-corrected chi connectivity index (χ2v) is 5.74. The van der Waals surface area contributed by atoms with E-state index in [1.165, 1.54) is 6.07 Å². The minimum absolute atomic E-state index is 0.222. The number of nitrogens with two attached hydrogens (primary N) is 1. The molecule has 20 heavy (non-hydrogen) atoms. The number of benzene rings is 1. The second-order valence-electron chi connectivity index (χ2n) is 5.74. The summed E-state index contributed by atoms with van der Waals surface area (Å²) in [5, 5.41) is 0. The molecule has 1 saturated heterocycles. The quantitative estimate of drug-likeness (QED) is 0.923. The number of hydrogen-bond donors (Lipinski definition) is 1. The topological polar surface area (TPSA) is 29.3 Å². The molecule has 0 bridgehead atoms. The number of nitrogens with zero attached hydrogens (tertiary/aromatic N) is 1. The first-order valence-corrected chi connectivity index (χ1v) is 6.98. The van der Waals surface area contributed by atoms with E-state index in [0.29, 0.717) is 17.5 Å². The van der Waals surface area contributed by atoms with E-state index in [9.17, 15) is 13.2 Å². The van der Waals surface area contributed by atoms with Crippen molar-refractivity contribution in [1.29, 1.82) is 0 Å². The Morgan fingerprint density at radius 2 is 1.80 bits per heavy atom. The van der Waals surface area contributed by atoms with Gasteiger partial charge < -0.3 is 10.6 Å². The molecule has 1 aromatic carbocycles. The van der Waals surface area contributed by atoms with Gasteiger partial charge in [-0.25, -0.2) is 0 Å². The summed E-state index contributed by atoms with van der Waals surface area (Å²) in [6.45, 7) is 6.12. The average molecular weight is 286 g/mol. The van der Waals surface area contributed by atoms with Gasteiger partial charge in [0.25, 0.3) is 0 Å². The lowest BCUT2D eigenvalue weighted by atomic mass is 10.0. The molecule has 1 aliphatic heterocycles. The van der Waals surface area contributed by atoms with E-state index >= 15 is 0 Å². The van der Waals surface area contributed by atoms with Gasteiger partial charge in [0, 0.05) is 18.8 Å². The van der Waals surface area contributed by atoms with Crippen LogP contribution in [0.5, 0.6) is 0 Å². The molecule has 1 aromatic rings. The molecule has 1 aliphatic rings. The summed E-state index contributed by atoms with van der Waals surface area (Å²) in [5.74, 6) is 1.01. The Morgan fingerprint density at radius 3 is 2.30 bits per heavy atom. The molecule has 5 heteroatoms. The molecule has 0 spiro atoms. The van der Waals surface area contributed by atoms with Gasteiger partial charge in [-0.1, -0.05) is 19.9 Å². The normalized spacial score (nSPS) is 23.4. The second kappa shape index (κ2) is 5.64. The molecule has 2 nitrogen and oxygen atoms in total. The lowest BCUT2D eigenvalue weighted by Gasteiger charge is -2.21. The minimum atomic E-state index is -4.32. The van der Waals surface area contributed by atoms with Gasteiger partial charge in [0.05, 0.1) is 5.56 Å². The van der Waals surface area contributed by atoms with Crippen LogP contribution in [0.4, 0.5) is 18.9 Å². The standard InChI is InChI=1S/C15H21F3N2/c1-10-8-20(9-11(10)2)13-4-3-12(5-6-19)14(7-13)15(16,17)18/h3-4,7,10-11H,5-6,8-9,19H2,1-2H3.